The van der Waals surface area contributed by atoms with Gasteiger partial charge in [0.05, 0.1) is 26.7 Å². The van der Waals surface area contributed by atoms with Crippen molar-refractivity contribution in [1.29, 1.82) is 0 Å². The van der Waals surface area contributed by atoms with Crippen molar-refractivity contribution < 1.29 is 18.7 Å². The van der Waals surface area contributed by atoms with Crippen molar-refractivity contribution in [3.8, 4) is 0 Å². The summed E-state index contributed by atoms with van der Waals surface area (Å²) in [5, 5.41) is -0.588. The second kappa shape index (κ2) is 6.75. The summed E-state index contributed by atoms with van der Waals surface area (Å²) in [5.74, 6) is -2.49. The molecule has 0 aliphatic rings. The van der Waals surface area contributed by atoms with E-state index in [1.165, 1.54) is 6.92 Å². The average Bonchev–Trinajstić information content (AvgIpc) is 2.39. The van der Waals surface area contributed by atoms with E-state index >= 15 is 0 Å². The molecule has 0 bridgehead atoms. The first-order valence-corrected chi connectivity index (χ1v) is 6.50. The summed E-state index contributed by atoms with van der Waals surface area (Å²) in [6, 6.07) is 1.05. The maximum absolute atomic E-state index is 13.6. The molecular weight excluding hydrogens is 341 g/mol. The van der Waals surface area contributed by atoms with Crippen LogP contribution in [0, 0.1) is 0 Å². The van der Waals surface area contributed by atoms with Crippen LogP contribution in [0.5, 0.6) is 0 Å². The second-order valence-electron chi connectivity index (χ2n) is 3.33. The van der Waals surface area contributed by atoms with Crippen molar-refractivity contribution >= 4 is 58.2 Å². The first-order chi connectivity index (χ1) is 8.81. The molecule has 0 fully saturated rings. The van der Waals surface area contributed by atoms with E-state index in [2.05, 4.69) is 4.74 Å². The number of rotatable bonds is 4. The van der Waals surface area contributed by atoms with E-state index < -0.39 is 17.9 Å². The first-order valence-electron chi connectivity index (χ1n) is 4.99. The van der Waals surface area contributed by atoms with Crippen LogP contribution in [0.1, 0.15) is 17.3 Å². The molecule has 1 unspecified atom stereocenters. The molecule has 104 valence electrons. The molecule has 0 amide bonds. The highest BCUT2D eigenvalue weighted by atomic mass is 35.5. The monoisotopic (exact) mass is 346 g/mol. The molecule has 1 atom stereocenters. The Morgan fingerprint density at radius 2 is 1.79 bits per heavy atom. The fraction of sp³-hybridized carbons (Fsp3) is 0.273. The number of halogens is 5. The van der Waals surface area contributed by atoms with Crippen LogP contribution in [-0.4, -0.2) is 24.5 Å². The highest BCUT2D eigenvalue weighted by Gasteiger charge is 2.31. The Morgan fingerprint density at radius 1 is 1.21 bits per heavy atom. The lowest BCUT2D eigenvalue weighted by Crippen LogP contribution is -2.28. The van der Waals surface area contributed by atoms with Crippen LogP contribution in [0.3, 0.4) is 0 Å². The van der Waals surface area contributed by atoms with Crippen LogP contribution in [0.4, 0.5) is 4.39 Å². The first kappa shape index (κ1) is 16.5. The summed E-state index contributed by atoms with van der Waals surface area (Å²) < 4.78 is 18.0. The molecule has 0 spiro atoms. The Balaban J connectivity index is 3.17. The molecule has 0 aromatic heterocycles. The van der Waals surface area contributed by atoms with Gasteiger partial charge < -0.3 is 4.74 Å². The molecule has 0 saturated carbocycles. The number of carbonyl (C=O) groups is 2. The Labute approximate surface area is 128 Å². The van der Waals surface area contributed by atoms with Crippen molar-refractivity contribution in [2.45, 2.75) is 13.1 Å². The summed E-state index contributed by atoms with van der Waals surface area (Å²) in [4.78, 5) is 22.9. The summed E-state index contributed by atoms with van der Waals surface area (Å²) in [5.41, 5.74) is -0.332. The molecule has 1 aromatic rings. The van der Waals surface area contributed by atoms with Crippen LogP contribution in [-0.2, 0) is 9.53 Å². The minimum absolute atomic E-state index is 0.0532. The van der Waals surface area contributed by atoms with Gasteiger partial charge in [0.1, 0.15) is 0 Å². The summed E-state index contributed by atoms with van der Waals surface area (Å²) in [6.07, 6.45) is -2.49. The summed E-state index contributed by atoms with van der Waals surface area (Å²) >= 11 is 22.9. The number of benzene rings is 1. The van der Waals surface area contributed by atoms with Gasteiger partial charge in [-0.2, -0.15) is 0 Å². The zero-order valence-electron chi connectivity index (χ0n) is 9.48. The molecule has 8 heteroatoms. The van der Waals surface area contributed by atoms with Crippen molar-refractivity contribution in [2.75, 3.05) is 6.61 Å². The fourth-order valence-electron chi connectivity index (χ4n) is 1.21. The Morgan fingerprint density at radius 3 is 2.32 bits per heavy atom. The van der Waals surface area contributed by atoms with Gasteiger partial charge in [0.25, 0.3) is 6.17 Å². The van der Waals surface area contributed by atoms with Gasteiger partial charge >= 0.3 is 5.97 Å². The minimum atomic E-state index is -2.49. The smallest absolute Gasteiger partial charge is 0.349 e. The highest BCUT2D eigenvalue weighted by molar-refractivity contribution is 6.52. The van der Waals surface area contributed by atoms with Gasteiger partial charge in [0, 0.05) is 5.56 Å². The third-order valence-electron chi connectivity index (χ3n) is 2.09. The quantitative estimate of drug-likeness (QED) is 0.267. The van der Waals surface area contributed by atoms with Crippen LogP contribution in [0.25, 0.3) is 0 Å². The van der Waals surface area contributed by atoms with Crippen LogP contribution in [0.2, 0.25) is 20.1 Å². The molecule has 0 N–H and O–H groups in total. The predicted octanol–water partition coefficient (Wildman–Crippen LogP) is 4.38. The van der Waals surface area contributed by atoms with Gasteiger partial charge in [0.2, 0.25) is 5.78 Å². The van der Waals surface area contributed by atoms with Crippen LogP contribution in [0.15, 0.2) is 6.07 Å². The van der Waals surface area contributed by atoms with E-state index in [0.29, 0.717) is 0 Å². The van der Waals surface area contributed by atoms with Crippen molar-refractivity contribution in [1.82, 2.24) is 0 Å². The van der Waals surface area contributed by atoms with Crippen LogP contribution < -0.4 is 0 Å². The van der Waals surface area contributed by atoms with E-state index in [-0.39, 0.29) is 32.3 Å². The maximum Gasteiger partial charge on any atom is 0.349 e. The number of ether oxygens (including phenoxy) is 1. The minimum Gasteiger partial charge on any atom is -0.463 e. The third-order valence-corrected chi connectivity index (χ3v) is 3.84. The summed E-state index contributed by atoms with van der Waals surface area (Å²) in [6.45, 7) is 1.43. The van der Waals surface area contributed by atoms with E-state index in [0.717, 1.165) is 6.07 Å². The zero-order chi connectivity index (χ0) is 14.7. The number of hydrogen-bond acceptors (Lipinski definition) is 3. The number of hydrogen-bond donors (Lipinski definition) is 0. The molecular formula is C11H7Cl4FO3. The molecule has 0 saturated heterocycles. The molecule has 1 aromatic carbocycles. The van der Waals surface area contributed by atoms with E-state index in [4.69, 9.17) is 46.4 Å². The Kier molecular flexibility index (Phi) is 5.86. The average molecular weight is 348 g/mol. The molecule has 0 heterocycles. The molecule has 19 heavy (non-hydrogen) atoms. The van der Waals surface area contributed by atoms with E-state index in [9.17, 15) is 14.0 Å². The number of esters is 1. The fourth-order valence-corrected chi connectivity index (χ4v) is 2.11. The van der Waals surface area contributed by atoms with Crippen molar-refractivity contribution in [3.05, 3.63) is 31.7 Å². The van der Waals surface area contributed by atoms with Gasteiger partial charge in [-0.25, -0.2) is 9.18 Å². The Hall–Kier alpha value is -0.550. The van der Waals surface area contributed by atoms with Crippen molar-refractivity contribution in [2.24, 2.45) is 0 Å². The zero-order valence-corrected chi connectivity index (χ0v) is 12.5. The molecule has 0 radical (unpaired) electrons. The number of ketones is 1. The predicted molar refractivity (Wildman–Crippen MR) is 72.3 cm³/mol. The van der Waals surface area contributed by atoms with E-state index in [1.54, 1.807) is 0 Å². The second-order valence-corrected chi connectivity index (χ2v) is 4.87. The lowest BCUT2D eigenvalue weighted by atomic mass is 10.1. The van der Waals surface area contributed by atoms with Crippen molar-refractivity contribution in [3.63, 3.8) is 0 Å². The highest BCUT2D eigenvalue weighted by Crippen LogP contribution is 2.38. The van der Waals surface area contributed by atoms with Crippen LogP contribution >= 0.6 is 46.4 Å². The number of carbonyl (C=O) groups excluding carboxylic acids is 2. The normalized spacial score (nSPS) is 12.1. The largest absolute Gasteiger partial charge is 0.463 e. The van der Waals surface area contributed by atoms with Gasteiger partial charge in [-0.1, -0.05) is 46.4 Å². The van der Waals surface area contributed by atoms with Gasteiger partial charge in [0.15, 0.2) is 0 Å². The Bertz CT molecular complexity index is 533. The molecule has 3 nitrogen and oxygen atoms in total. The molecule has 0 aliphatic heterocycles. The lowest BCUT2D eigenvalue weighted by molar-refractivity contribution is -0.147. The van der Waals surface area contributed by atoms with Gasteiger partial charge in [-0.15, -0.1) is 0 Å². The van der Waals surface area contributed by atoms with E-state index in [1.807, 2.05) is 0 Å². The lowest BCUT2D eigenvalue weighted by Gasteiger charge is -2.10. The number of alkyl halides is 1. The van der Waals surface area contributed by atoms with Gasteiger partial charge in [-0.3, -0.25) is 4.79 Å². The van der Waals surface area contributed by atoms with Gasteiger partial charge in [-0.05, 0) is 13.0 Å². The number of Topliss-reactive ketones (excluding diaryl/α,β-unsaturated/α-hetero) is 1. The topological polar surface area (TPSA) is 43.4 Å². The summed E-state index contributed by atoms with van der Waals surface area (Å²) in [7, 11) is 0. The third kappa shape index (κ3) is 3.51. The standard InChI is InChI=1S/C11H7Cl4FO3/c1-2-19-11(18)9(16)10(17)4-3-5(12)7(14)8(15)6(4)13/h3,9H,2H2,1H3. The maximum atomic E-state index is 13.6. The molecule has 1 rings (SSSR count). The SMILES string of the molecule is CCOC(=O)C(F)C(=O)c1cc(Cl)c(Cl)c(Cl)c1Cl. The molecule has 0 aliphatic carbocycles.